The van der Waals surface area contributed by atoms with Gasteiger partial charge in [0.15, 0.2) is 0 Å². The van der Waals surface area contributed by atoms with E-state index in [0.29, 0.717) is 18.4 Å². The Hall–Kier alpha value is -0.770. The lowest BCUT2D eigenvalue weighted by Gasteiger charge is -2.13. The highest BCUT2D eigenvalue weighted by Gasteiger charge is 2.28. The van der Waals surface area contributed by atoms with Gasteiger partial charge < -0.3 is 9.64 Å². The molecule has 5 nitrogen and oxygen atoms in total. The average molecular weight is 198 g/mol. The molecule has 2 atom stereocenters. The molecule has 1 rings (SSSR count). The van der Waals surface area contributed by atoms with Crippen LogP contribution in [-0.2, 0) is 4.74 Å². The fraction of sp³-hybridized carbons (Fsp3) is 1.00. The van der Waals surface area contributed by atoms with Crippen LogP contribution in [0.15, 0.2) is 5.11 Å². The molecule has 1 aliphatic heterocycles. The van der Waals surface area contributed by atoms with E-state index in [2.05, 4.69) is 21.8 Å². The lowest BCUT2D eigenvalue weighted by molar-refractivity contribution is 0.140. The van der Waals surface area contributed by atoms with E-state index < -0.39 is 0 Å². The van der Waals surface area contributed by atoms with Gasteiger partial charge in [0, 0.05) is 38.2 Å². The molecule has 0 bridgehead atoms. The number of methoxy groups -OCH3 is 1. The maximum atomic E-state index is 8.15. The van der Waals surface area contributed by atoms with E-state index in [1.54, 1.807) is 7.11 Å². The third-order valence-corrected chi connectivity index (χ3v) is 2.80. The molecule has 5 heteroatoms. The number of nitrogens with zero attached hydrogens (tertiary/aromatic N) is 4. The van der Waals surface area contributed by atoms with Crippen LogP contribution in [0.3, 0.4) is 0 Å². The number of hydrogen-bond acceptors (Lipinski definition) is 3. The van der Waals surface area contributed by atoms with Crippen LogP contribution in [0.4, 0.5) is 0 Å². The van der Waals surface area contributed by atoms with Gasteiger partial charge in [-0.05, 0) is 17.4 Å². The Morgan fingerprint density at radius 1 is 1.57 bits per heavy atom. The fourth-order valence-corrected chi connectivity index (χ4v) is 1.99. The fourth-order valence-electron chi connectivity index (χ4n) is 1.99. The van der Waals surface area contributed by atoms with Crippen molar-refractivity contribution in [3.63, 3.8) is 0 Å². The molecule has 1 fully saturated rings. The van der Waals surface area contributed by atoms with E-state index in [0.717, 1.165) is 26.2 Å². The van der Waals surface area contributed by atoms with Gasteiger partial charge in [-0.3, -0.25) is 0 Å². The lowest BCUT2D eigenvalue weighted by Crippen LogP contribution is -2.24. The van der Waals surface area contributed by atoms with Crippen molar-refractivity contribution in [2.75, 3.05) is 39.9 Å². The molecule has 0 unspecified atom stereocenters. The normalized spacial score (nSPS) is 27.6. The second kappa shape index (κ2) is 5.86. The SMILES string of the molecule is COC[C@@H]1CN(CCN=[N+]=[N-])C[C@H]1C. The Balaban J connectivity index is 2.27. The van der Waals surface area contributed by atoms with Gasteiger partial charge in [-0.1, -0.05) is 12.0 Å². The summed E-state index contributed by atoms with van der Waals surface area (Å²) < 4.78 is 5.16. The molecule has 0 amide bonds. The van der Waals surface area contributed by atoms with Crippen molar-refractivity contribution in [1.29, 1.82) is 0 Å². The Labute approximate surface area is 84.7 Å². The monoisotopic (exact) mass is 198 g/mol. The molecule has 0 N–H and O–H groups in total. The minimum Gasteiger partial charge on any atom is -0.384 e. The van der Waals surface area contributed by atoms with Gasteiger partial charge in [0.2, 0.25) is 0 Å². The minimum atomic E-state index is 0.572. The van der Waals surface area contributed by atoms with Gasteiger partial charge in [-0.25, -0.2) is 0 Å². The number of rotatable bonds is 5. The highest BCUT2D eigenvalue weighted by molar-refractivity contribution is 4.81. The van der Waals surface area contributed by atoms with Crippen LogP contribution >= 0.6 is 0 Å². The summed E-state index contributed by atoms with van der Waals surface area (Å²) in [6, 6.07) is 0. The molecule has 1 saturated heterocycles. The standard InChI is InChI=1S/C9H18N4O/c1-8-5-13(4-3-11-12-10)6-9(8)7-14-2/h8-9H,3-7H2,1-2H3/t8-,9+/m1/s1. The van der Waals surface area contributed by atoms with Crippen LogP contribution in [0.5, 0.6) is 0 Å². The molecule has 0 aromatic heterocycles. The number of ether oxygens (including phenoxy) is 1. The molecule has 80 valence electrons. The average Bonchev–Trinajstić information content (AvgIpc) is 2.49. The molecule has 0 aromatic rings. The largest absolute Gasteiger partial charge is 0.384 e. The third kappa shape index (κ3) is 3.18. The second-order valence-electron chi connectivity index (χ2n) is 3.91. The van der Waals surface area contributed by atoms with Crippen LogP contribution in [-0.4, -0.2) is 44.8 Å². The summed E-state index contributed by atoms with van der Waals surface area (Å²) in [7, 11) is 1.75. The van der Waals surface area contributed by atoms with Crippen molar-refractivity contribution < 1.29 is 4.74 Å². The second-order valence-corrected chi connectivity index (χ2v) is 3.91. The van der Waals surface area contributed by atoms with Gasteiger partial charge >= 0.3 is 0 Å². The smallest absolute Gasteiger partial charge is 0.0505 e. The highest BCUT2D eigenvalue weighted by atomic mass is 16.5. The summed E-state index contributed by atoms with van der Waals surface area (Å²) in [6.07, 6.45) is 0. The Morgan fingerprint density at radius 3 is 3.00 bits per heavy atom. The first-order valence-corrected chi connectivity index (χ1v) is 5.00. The van der Waals surface area contributed by atoms with Gasteiger partial charge in [-0.15, -0.1) is 0 Å². The van der Waals surface area contributed by atoms with Gasteiger partial charge in [-0.2, -0.15) is 0 Å². The van der Waals surface area contributed by atoms with Crippen LogP contribution in [0.1, 0.15) is 6.92 Å². The van der Waals surface area contributed by atoms with Crippen molar-refractivity contribution >= 4 is 0 Å². The zero-order valence-electron chi connectivity index (χ0n) is 8.89. The maximum absolute atomic E-state index is 8.15. The van der Waals surface area contributed by atoms with Crippen LogP contribution in [0, 0.1) is 11.8 Å². The van der Waals surface area contributed by atoms with Gasteiger partial charge in [0.05, 0.1) is 6.61 Å². The van der Waals surface area contributed by atoms with Gasteiger partial charge in [0.1, 0.15) is 0 Å². The Kier molecular flexibility index (Phi) is 4.73. The maximum Gasteiger partial charge on any atom is 0.0505 e. The quantitative estimate of drug-likeness (QED) is 0.382. The van der Waals surface area contributed by atoms with Gasteiger partial charge in [0.25, 0.3) is 0 Å². The summed E-state index contributed by atoms with van der Waals surface area (Å²) in [5.74, 6) is 1.31. The van der Waals surface area contributed by atoms with E-state index in [9.17, 15) is 0 Å². The minimum absolute atomic E-state index is 0.572. The Morgan fingerprint density at radius 2 is 2.36 bits per heavy atom. The van der Waals surface area contributed by atoms with Crippen LogP contribution in [0.25, 0.3) is 10.4 Å². The molecule has 0 radical (unpaired) electrons. The summed E-state index contributed by atoms with van der Waals surface area (Å²) in [5, 5.41) is 3.54. The number of hydrogen-bond donors (Lipinski definition) is 0. The number of likely N-dealkylation sites (tertiary alicyclic amines) is 1. The predicted molar refractivity (Wildman–Crippen MR) is 55.0 cm³/mol. The van der Waals surface area contributed by atoms with E-state index >= 15 is 0 Å². The van der Waals surface area contributed by atoms with Crippen molar-refractivity contribution in [3.05, 3.63) is 10.4 Å². The van der Waals surface area contributed by atoms with Crippen LogP contribution in [0.2, 0.25) is 0 Å². The zero-order valence-corrected chi connectivity index (χ0v) is 8.89. The summed E-state index contributed by atoms with van der Waals surface area (Å²) in [6.45, 7) is 6.68. The number of azide groups is 1. The molecule has 0 saturated carbocycles. The first-order chi connectivity index (χ1) is 6.77. The lowest BCUT2D eigenvalue weighted by atomic mass is 10.00. The Bertz CT molecular complexity index is 215. The molecular formula is C9H18N4O. The molecule has 14 heavy (non-hydrogen) atoms. The first-order valence-electron chi connectivity index (χ1n) is 5.00. The molecular weight excluding hydrogens is 180 g/mol. The van der Waals surface area contributed by atoms with E-state index in [1.165, 1.54) is 0 Å². The summed E-state index contributed by atoms with van der Waals surface area (Å²) in [4.78, 5) is 5.08. The molecule has 0 aromatic carbocycles. The van der Waals surface area contributed by atoms with Crippen molar-refractivity contribution in [2.45, 2.75) is 6.92 Å². The topological polar surface area (TPSA) is 61.2 Å². The summed E-state index contributed by atoms with van der Waals surface area (Å²) in [5.41, 5.74) is 8.15. The van der Waals surface area contributed by atoms with Crippen LogP contribution < -0.4 is 0 Å². The van der Waals surface area contributed by atoms with E-state index in [1.807, 2.05) is 0 Å². The van der Waals surface area contributed by atoms with Crippen molar-refractivity contribution in [3.8, 4) is 0 Å². The zero-order chi connectivity index (χ0) is 10.4. The molecule has 1 aliphatic rings. The predicted octanol–water partition coefficient (Wildman–Crippen LogP) is 1.51. The van der Waals surface area contributed by atoms with E-state index in [-0.39, 0.29) is 0 Å². The molecule has 0 spiro atoms. The molecule has 1 heterocycles. The third-order valence-electron chi connectivity index (χ3n) is 2.80. The van der Waals surface area contributed by atoms with E-state index in [4.69, 9.17) is 10.3 Å². The highest BCUT2D eigenvalue weighted by Crippen LogP contribution is 2.22. The molecule has 0 aliphatic carbocycles. The summed E-state index contributed by atoms with van der Waals surface area (Å²) >= 11 is 0. The van der Waals surface area contributed by atoms with Crippen molar-refractivity contribution in [2.24, 2.45) is 17.0 Å². The first kappa shape index (κ1) is 11.3. The van der Waals surface area contributed by atoms with Crippen molar-refractivity contribution in [1.82, 2.24) is 4.90 Å².